The monoisotopic (exact) mass is 361 g/mol. The number of esters is 1. The van der Waals surface area contributed by atoms with Crippen molar-refractivity contribution >= 4 is 40.7 Å². The molecule has 0 fully saturated rings. The number of benzene rings is 1. The molecule has 0 radical (unpaired) electrons. The van der Waals surface area contributed by atoms with E-state index in [1.165, 1.54) is 41.7 Å². The van der Waals surface area contributed by atoms with Crippen LogP contribution in [-0.4, -0.2) is 28.4 Å². The van der Waals surface area contributed by atoms with E-state index in [1.54, 1.807) is 12.3 Å². The van der Waals surface area contributed by atoms with E-state index in [0.29, 0.717) is 16.9 Å². The van der Waals surface area contributed by atoms with E-state index in [1.807, 2.05) is 6.92 Å². The molecule has 1 aromatic carbocycles. The van der Waals surface area contributed by atoms with Gasteiger partial charge in [0.25, 0.3) is 11.6 Å². The Balaban J connectivity index is 1.88. The lowest BCUT2D eigenvalue weighted by Gasteiger charge is -2.08. The summed E-state index contributed by atoms with van der Waals surface area (Å²) in [6.07, 6.45) is 2.68. The van der Waals surface area contributed by atoms with E-state index in [0.717, 1.165) is 5.01 Å². The summed E-state index contributed by atoms with van der Waals surface area (Å²) in [5, 5.41) is 15.9. The van der Waals surface area contributed by atoms with E-state index in [2.05, 4.69) is 10.3 Å². The number of aromatic nitrogens is 1. The Morgan fingerprint density at radius 1 is 1.40 bits per heavy atom. The number of hydrogen-bond acceptors (Lipinski definition) is 7. The van der Waals surface area contributed by atoms with Crippen LogP contribution in [0.2, 0.25) is 0 Å². The molecule has 2 rings (SSSR count). The Morgan fingerprint density at radius 3 is 2.80 bits per heavy atom. The van der Waals surface area contributed by atoms with Gasteiger partial charge in [-0.2, -0.15) is 0 Å². The van der Waals surface area contributed by atoms with Crippen LogP contribution in [0.5, 0.6) is 0 Å². The quantitative estimate of drug-likeness (QED) is 0.366. The van der Waals surface area contributed by atoms with E-state index in [9.17, 15) is 19.7 Å². The van der Waals surface area contributed by atoms with E-state index in [-0.39, 0.29) is 5.69 Å². The molecule has 1 amide bonds. The molecular weight excluding hydrogens is 346 g/mol. The standard InChI is InChI=1S/C16H15N3O5S/c1-10-3-5-13(19(22)23)7-14(10)18-15(20)8-24-16(21)6-4-12-9-25-11(2)17-12/h3-7,9H,8H2,1-2H3,(H,18,20)/b6-4+. The third-order valence-corrected chi connectivity index (χ3v) is 3.87. The topological polar surface area (TPSA) is 111 Å². The lowest BCUT2D eigenvalue weighted by molar-refractivity contribution is -0.384. The van der Waals surface area contributed by atoms with Crippen LogP contribution in [0.15, 0.2) is 29.7 Å². The molecule has 0 saturated carbocycles. The molecule has 0 aliphatic heterocycles. The first-order chi connectivity index (χ1) is 11.8. The fourth-order valence-corrected chi connectivity index (χ4v) is 2.42. The van der Waals surface area contributed by atoms with Gasteiger partial charge in [-0.1, -0.05) is 6.07 Å². The second-order valence-corrected chi connectivity index (χ2v) is 6.10. The van der Waals surface area contributed by atoms with Crippen molar-refractivity contribution in [3.05, 3.63) is 56.0 Å². The number of nitro benzene ring substituents is 1. The predicted octanol–water partition coefficient (Wildman–Crippen LogP) is 2.86. The van der Waals surface area contributed by atoms with E-state index >= 15 is 0 Å². The van der Waals surface area contributed by atoms with Gasteiger partial charge in [-0.05, 0) is 25.5 Å². The van der Waals surface area contributed by atoms with Crippen LogP contribution in [-0.2, 0) is 14.3 Å². The van der Waals surface area contributed by atoms with Crippen molar-refractivity contribution in [2.24, 2.45) is 0 Å². The molecule has 0 saturated heterocycles. The summed E-state index contributed by atoms with van der Waals surface area (Å²) in [5.41, 5.74) is 1.45. The maximum absolute atomic E-state index is 11.8. The van der Waals surface area contributed by atoms with Crippen LogP contribution < -0.4 is 5.32 Å². The number of amides is 1. The SMILES string of the molecule is Cc1nc(/C=C/C(=O)OCC(=O)Nc2cc([N+](=O)[O-])ccc2C)cs1. The van der Waals surface area contributed by atoms with Gasteiger partial charge in [0.2, 0.25) is 0 Å². The van der Waals surface area contributed by atoms with Gasteiger partial charge < -0.3 is 10.1 Å². The average molecular weight is 361 g/mol. The van der Waals surface area contributed by atoms with Crippen molar-refractivity contribution in [3.63, 3.8) is 0 Å². The van der Waals surface area contributed by atoms with Gasteiger partial charge in [-0.25, -0.2) is 9.78 Å². The number of nitrogens with one attached hydrogen (secondary N) is 1. The maximum Gasteiger partial charge on any atom is 0.331 e. The smallest absolute Gasteiger partial charge is 0.331 e. The van der Waals surface area contributed by atoms with Crippen molar-refractivity contribution in [2.75, 3.05) is 11.9 Å². The summed E-state index contributed by atoms with van der Waals surface area (Å²) in [4.78, 5) is 37.8. The molecule has 130 valence electrons. The van der Waals surface area contributed by atoms with Crippen molar-refractivity contribution in [3.8, 4) is 0 Å². The molecule has 1 N–H and O–H groups in total. The second kappa shape index (κ2) is 8.15. The Hall–Kier alpha value is -3.07. The fourth-order valence-electron chi connectivity index (χ4n) is 1.84. The minimum Gasteiger partial charge on any atom is -0.452 e. The molecule has 0 aliphatic carbocycles. The highest BCUT2D eigenvalue weighted by atomic mass is 32.1. The Bertz CT molecular complexity index is 844. The number of aryl methyl sites for hydroxylation is 2. The van der Waals surface area contributed by atoms with Crippen molar-refractivity contribution in [2.45, 2.75) is 13.8 Å². The van der Waals surface area contributed by atoms with Gasteiger partial charge in [0.05, 0.1) is 21.3 Å². The highest BCUT2D eigenvalue weighted by Crippen LogP contribution is 2.21. The summed E-state index contributed by atoms with van der Waals surface area (Å²) >= 11 is 1.45. The Kier molecular flexibility index (Phi) is 5.96. The molecule has 2 aromatic rings. The van der Waals surface area contributed by atoms with Crippen molar-refractivity contribution in [1.82, 2.24) is 4.98 Å². The van der Waals surface area contributed by atoms with Crippen LogP contribution in [0, 0.1) is 24.0 Å². The summed E-state index contributed by atoms with van der Waals surface area (Å²) < 4.78 is 4.83. The largest absolute Gasteiger partial charge is 0.452 e. The van der Waals surface area contributed by atoms with Crippen LogP contribution in [0.3, 0.4) is 0 Å². The zero-order valence-electron chi connectivity index (χ0n) is 13.5. The highest BCUT2D eigenvalue weighted by molar-refractivity contribution is 7.09. The number of ether oxygens (including phenoxy) is 1. The lowest BCUT2D eigenvalue weighted by atomic mass is 10.2. The predicted molar refractivity (Wildman–Crippen MR) is 93.3 cm³/mol. The molecule has 1 aromatic heterocycles. The normalized spacial score (nSPS) is 10.6. The molecule has 1 heterocycles. The van der Waals surface area contributed by atoms with Crippen LogP contribution >= 0.6 is 11.3 Å². The molecule has 0 aliphatic rings. The number of carbonyl (C=O) groups is 2. The van der Waals surface area contributed by atoms with Crippen molar-refractivity contribution < 1.29 is 19.2 Å². The first-order valence-electron chi connectivity index (χ1n) is 7.17. The molecule has 8 nitrogen and oxygen atoms in total. The molecule has 9 heteroatoms. The Morgan fingerprint density at radius 2 is 2.16 bits per heavy atom. The number of anilines is 1. The summed E-state index contributed by atoms with van der Waals surface area (Å²) in [5.74, 6) is -1.27. The number of thiazole rings is 1. The van der Waals surface area contributed by atoms with Crippen LogP contribution in [0.4, 0.5) is 11.4 Å². The highest BCUT2D eigenvalue weighted by Gasteiger charge is 2.12. The number of non-ortho nitro benzene ring substituents is 1. The van der Waals surface area contributed by atoms with Crippen LogP contribution in [0.1, 0.15) is 16.3 Å². The second-order valence-electron chi connectivity index (χ2n) is 5.04. The number of hydrogen-bond donors (Lipinski definition) is 1. The maximum atomic E-state index is 11.8. The number of carbonyl (C=O) groups excluding carboxylic acids is 2. The van der Waals surface area contributed by atoms with Gasteiger partial charge in [0.1, 0.15) is 0 Å². The molecule has 0 unspecified atom stereocenters. The first-order valence-corrected chi connectivity index (χ1v) is 8.05. The van der Waals surface area contributed by atoms with Gasteiger partial charge in [-0.3, -0.25) is 14.9 Å². The molecule has 25 heavy (non-hydrogen) atoms. The molecular formula is C16H15N3O5S. The first kappa shape index (κ1) is 18.3. The molecule has 0 atom stereocenters. The summed E-state index contributed by atoms with van der Waals surface area (Å²) in [6.45, 7) is 3.05. The van der Waals surface area contributed by atoms with Crippen LogP contribution in [0.25, 0.3) is 6.08 Å². The Labute approximate surface area is 147 Å². The van der Waals surface area contributed by atoms with Gasteiger partial charge in [0, 0.05) is 23.6 Å². The minimum atomic E-state index is -0.684. The zero-order valence-corrected chi connectivity index (χ0v) is 14.3. The van der Waals surface area contributed by atoms with E-state index < -0.39 is 23.4 Å². The lowest BCUT2D eigenvalue weighted by Crippen LogP contribution is -2.20. The summed E-state index contributed by atoms with van der Waals surface area (Å²) in [7, 11) is 0. The molecule has 0 bridgehead atoms. The van der Waals surface area contributed by atoms with Crippen molar-refractivity contribution in [1.29, 1.82) is 0 Å². The zero-order chi connectivity index (χ0) is 18.4. The summed E-state index contributed by atoms with van der Waals surface area (Å²) in [6, 6.07) is 4.12. The van der Waals surface area contributed by atoms with Gasteiger partial charge in [-0.15, -0.1) is 11.3 Å². The number of rotatable bonds is 6. The van der Waals surface area contributed by atoms with Gasteiger partial charge in [0.15, 0.2) is 6.61 Å². The number of nitro groups is 1. The van der Waals surface area contributed by atoms with Gasteiger partial charge >= 0.3 is 5.97 Å². The minimum absolute atomic E-state index is 0.139. The fraction of sp³-hybridized carbons (Fsp3) is 0.188. The third kappa shape index (κ3) is 5.50. The van der Waals surface area contributed by atoms with E-state index in [4.69, 9.17) is 4.74 Å². The third-order valence-electron chi connectivity index (χ3n) is 3.08. The molecule has 0 spiro atoms. The number of nitrogens with zero attached hydrogens (tertiary/aromatic N) is 2. The average Bonchev–Trinajstić information content (AvgIpc) is 2.98.